The molecule has 6 rings (SSSR count). The Morgan fingerprint density at radius 3 is 1.53 bits per heavy atom. The van der Waals surface area contributed by atoms with Crippen LogP contribution in [0.2, 0.25) is 0 Å². The van der Waals surface area contributed by atoms with E-state index in [9.17, 15) is 9.59 Å². The molecule has 2 amide bonds. The summed E-state index contributed by atoms with van der Waals surface area (Å²) < 4.78 is 23.4. The van der Waals surface area contributed by atoms with Crippen LogP contribution in [0.15, 0.2) is 48.6 Å². The lowest BCUT2D eigenvalue weighted by atomic mass is 10.1. The molecule has 2 fully saturated rings. The van der Waals surface area contributed by atoms with E-state index in [0.717, 1.165) is 35.4 Å². The fourth-order valence-corrected chi connectivity index (χ4v) is 6.67. The zero-order chi connectivity index (χ0) is 30.4. The van der Waals surface area contributed by atoms with Crippen molar-refractivity contribution in [2.45, 2.75) is 57.3 Å². The zero-order valence-electron chi connectivity index (χ0n) is 25.3. The summed E-state index contributed by atoms with van der Waals surface area (Å²) >= 11 is 0. The first-order chi connectivity index (χ1) is 20.7. The van der Waals surface area contributed by atoms with Gasteiger partial charge in [-0.1, -0.05) is 24.3 Å². The Balaban J connectivity index is 1.11. The summed E-state index contributed by atoms with van der Waals surface area (Å²) in [4.78, 5) is 30.5. The second-order valence-corrected chi connectivity index (χ2v) is 11.9. The van der Waals surface area contributed by atoms with E-state index in [4.69, 9.17) is 18.9 Å². The Morgan fingerprint density at radius 2 is 1.14 bits per heavy atom. The van der Waals surface area contributed by atoms with Crippen molar-refractivity contribution in [3.05, 3.63) is 59.7 Å². The zero-order valence-corrected chi connectivity index (χ0v) is 25.3. The van der Waals surface area contributed by atoms with E-state index in [1.807, 2.05) is 21.9 Å². The topological polar surface area (TPSA) is 102 Å². The highest BCUT2D eigenvalue weighted by atomic mass is 16.5. The molecule has 2 unspecified atom stereocenters. The molecule has 4 aliphatic rings. The Hall–Kier alpha value is -4.34. The summed E-state index contributed by atoms with van der Waals surface area (Å²) in [5.74, 6) is 2.06. The van der Waals surface area contributed by atoms with Gasteiger partial charge in [-0.25, -0.2) is 0 Å². The third-order valence-electron chi connectivity index (χ3n) is 8.90. The van der Waals surface area contributed by atoms with E-state index >= 15 is 0 Å². The molecule has 228 valence electrons. The van der Waals surface area contributed by atoms with E-state index in [1.165, 1.54) is 0 Å². The summed E-state index contributed by atoms with van der Waals surface area (Å²) in [6.07, 6.45) is 2.18. The maximum atomic E-state index is 13.4. The SMILES string of the molecule is C=C1C[C@H]2C(C)Nc3cc(OCCCOc4cc5c(cc4OC)C(=O)N4CC(=C)C[C@H]4C(C)N5)c(OC)cc3C(=O)N2C1. The summed E-state index contributed by atoms with van der Waals surface area (Å²) in [6, 6.07) is 7.47. The van der Waals surface area contributed by atoms with Crippen molar-refractivity contribution >= 4 is 23.2 Å². The molecule has 10 nitrogen and oxygen atoms in total. The van der Waals surface area contributed by atoms with Crippen LogP contribution in [0.4, 0.5) is 11.4 Å². The highest BCUT2D eigenvalue weighted by Gasteiger charge is 2.40. The van der Waals surface area contributed by atoms with Crippen molar-refractivity contribution in [2.75, 3.05) is 51.2 Å². The number of hydrogen-bond donors (Lipinski definition) is 2. The van der Waals surface area contributed by atoms with Gasteiger partial charge in [-0.05, 0) is 38.8 Å². The smallest absolute Gasteiger partial charge is 0.256 e. The molecule has 2 aromatic carbocycles. The summed E-state index contributed by atoms with van der Waals surface area (Å²) in [5, 5.41) is 7.02. The number of nitrogens with one attached hydrogen (secondary N) is 2. The van der Waals surface area contributed by atoms with E-state index in [0.29, 0.717) is 66.8 Å². The molecule has 2 aromatic rings. The van der Waals surface area contributed by atoms with E-state index in [-0.39, 0.29) is 36.0 Å². The quantitative estimate of drug-likeness (QED) is 0.338. The monoisotopic (exact) mass is 588 g/mol. The first kappa shape index (κ1) is 28.8. The van der Waals surface area contributed by atoms with Crippen molar-refractivity contribution in [1.29, 1.82) is 0 Å². The van der Waals surface area contributed by atoms with E-state index < -0.39 is 0 Å². The lowest BCUT2D eigenvalue weighted by molar-refractivity contribution is 0.0729. The molecule has 4 atom stereocenters. The number of fused-ring (bicyclic) bond motifs is 4. The summed E-state index contributed by atoms with van der Waals surface area (Å²) in [7, 11) is 3.14. The minimum Gasteiger partial charge on any atom is -0.493 e. The minimum atomic E-state index is -0.0279. The maximum Gasteiger partial charge on any atom is 0.256 e. The van der Waals surface area contributed by atoms with Crippen molar-refractivity contribution in [2.24, 2.45) is 0 Å². The maximum absolute atomic E-state index is 13.4. The number of methoxy groups -OCH3 is 2. The highest BCUT2D eigenvalue weighted by Crippen LogP contribution is 2.41. The molecule has 0 radical (unpaired) electrons. The predicted octanol–water partition coefficient (Wildman–Crippen LogP) is 4.72. The third kappa shape index (κ3) is 5.23. The van der Waals surface area contributed by atoms with Crippen molar-refractivity contribution in [1.82, 2.24) is 9.80 Å². The van der Waals surface area contributed by atoms with Gasteiger partial charge < -0.3 is 39.4 Å². The first-order valence-corrected chi connectivity index (χ1v) is 14.9. The van der Waals surface area contributed by atoms with Crippen LogP contribution in [0.25, 0.3) is 0 Å². The third-order valence-corrected chi connectivity index (χ3v) is 8.90. The van der Waals surface area contributed by atoms with E-state index in [1.54, 1.807) is 26.4 Å². The van der Waals surface area contributed by atoms with Gasteiger partial charge in [0.25, 0.3) is 11.8 Å². The number of anilines is 2. The number of nitrogens with zero attached hydrogens (tertiary/aromatic N) is 2. The molecule has 0 spiro atoms. The average molecular weight is 589 g/mol. The summed E-state index contributed by atoms with van der Waals surface area (Å²) in [5.41, 5.74) is 4.75. The lowest BCUT2D eigenvalue weighted by Crippen LogP contribution is -2.41. The van der Waals surface area contributed by atoms with Crippen LogP contribution in [0.3, 0.4) is 0 Å². The van der Waals surface area contributed by atoms with Gasteiger partial charge in [0.2, 0.25) is 0 Å². The largest absolute Gasteiger partial charge is 0.493 e. The van der Waals surface area contributed by atoms with Crippen molar-refractivity contribution in [3.8, 4) is 23.0 Å². The van der Waals surface area contributed by atoms with Crippen LogP contribution >= 0.6 is 0 Å². The van der Waals surface area contributed by atoms with E-state index in [2.05, 4.69) is 37.6 Å². The van der Waals surface area contributed by atoms with Gasteiger partial charge in [0.15, 0.2) is 23.0 Å². The number of rotatable bonds is 8. The van der Waals surface area contributed by atoms with Crippen LogP contribution in [0.5, 0.6) is 23.0 Å². The molecule has 0 bridgehead atoms. The molecule has 43 heavy (non-hydrogen) atoms. The van der Waals surface area contributed by atoms with Crippen molar-refractivity contribution < 1.29 is 28.5 Å². The first-order valence-electron chi connectivity index (χ1n) is 14.9. The second kappa shape index (κ2) is 11.4. The average Bonchev–Trinajstić information content (AvgIpc) is 3.54. The molecule has 0 aliphatic carbocycles. The van der Waals surface area contributed by atoms with Gasteiger partial charge in [-0.3, -0.25) is 9.59 Å². The van der Waals surface area contributed by atoms with Crippen molar-refractivity contribution in [3.63, 3.8) is 0 Å². The number of carbonyl (C=O) groups excluding carboxylic acids is 2. The van der Waals surface area contributed by atoms with Gasteiger partial charge >= 0.3 is 0 Å². The van der Waals surface area contributed by atoms with Crippen LogP contribution in [0, 0.1) is 0 Å². The number of benzene rings is 2. The fraction of sp³-hybridized carbons (Fsp3) is 0.455. The van der Waals surface area contributed by atoms with Gasteiger partial charge in [0.05, 0.1) is 62.0 Å². The van der Waals surface area contributed by atoms with Crippen LogP contribution < -0.4 is 29.6 Å². The van der Waals surface area contributed by atoms with Crippen LogP contribution in [-0.2, 0) is 0 Å². The molecular formula is C33H40N4O6. The molecule has 10 heteroatoms. The number of amides is 2. The Labute approximate surface area is 252 Å². The lowest BCUT2D eigenvalue weighted by Gasteiger charge is -2.26. The molecule has 0 aromatic heterocycles. The molecule has 4 aliphatic heterocycles. The van der Waals surface area contributed by atoms with Crippen LogP contribution in [-0.4, -0.2) is 86.3 Å². The molecule has 2 saturated heterocycles. The minimum absolute atomic E-state index is 0.0279. The fourth-order valence-electron chi connectivity index (χ4n) is 6.67. The second-order valence-electron chi connectivity index (χ2n) is 11.9. The normalized spacial score (nSPS) is 24.2. The highest BCUT2D eigenvalue weighted by molar-refractivity contribution is 6.02. The van der Waals surface area contributed by atoms with Gasteiger partial charge in [0, 0.05) is 43.7 Å². The molecule has 2 N–H and O–H groups in total. The number of carbonyl (C=O) groups is 2. The van der Waals surface area contributed by atoms with Gasteiger partial charge in [-0.2, -0.15) is 0 Å². The van der Waals surface area contributed by atoms with Crippen LogP contribution in [0.1, 0.15) is 53.8 Å². The van der Waals surface area contributed by atoms with Gasteiger partial charge in [-0.15, -0.1) is 0 Å². The summed E-state index contributed by atoms with van der Waals surface area (Å²) in [6.45, 7) is 14.3. The molecule has 0 saturated carbocycles. The Morgan fingerprint density at radius 1 is 0.721 bits per heavy atom. The number of hydrogen-bond acceptors (Lipinski definition) is 8. The van der Waals surface area contributed by atoms with Gasteiger partial charge in [0.1, 0.15) is 0 Å². The Bertz CT molecular complexity index is 1380. The predicted molar refractivity (Wildman–Crippen MR) is 165 cm³/mol. The molecule has 4 heterocycles. The standard InChI is InChI=1S/C33H40N4O6/c1-18-10-26-20(3)34-24-14-30(28(40-5)12-22(24)32(38)36(26)16-18)42-8-7-9-43-31-15-25-23(13-29(31)41-6)33(39)37-17-19(2)11-27(37)21(4)35-25/h12-15,20-21,26-27,34-35H,1-2,7-11,16-17H2,3-6H3/t20?,21?,26-,27-/m0/s1. The molecular weight excluding hydrogens is 548 g/mol. The number of ether oxygens (including phenoxy) is 4. The Kier molecular flexibility index (Phi) is 7.62.